The molecule has 1 aliphatic carbocycles. The topological polar surface area (TPSA) is 116 Å². The van der Waals surface area contributed by atoms with Crippen LogP contribution in [-0.4, -0.2) is 31.2 Å². The number of nitrogens with two attached hydrogens (primary N) is 1. The van der Waals surface area contributed by atoms with Crippen LogP contribution in [0.2, 0.25) is 0 Å². The molecule has 0 saturated carbocycles. The number of hydrogen-bond acceptors (Lipinski definition) is 5. The Morgan fingerprint density at radius 3 is 2.61 bits per heavy atom. The predicted octanol–water partition coefficient (Wildman–Crippen LogP) is 2.55. The number of nitrogens with one attached hydrogen (secondary N) is 1. The predicted molar refractivity (Wildman–Crippen MR) is 108 cm³/mol. The largest absolute Gasteiger partial charge is 0.495 e. The normalized spacial score (nSPS) is 13.2. The van der Waals surface area contributed by atoms with E-state index in [1.165, 1.54) is 36.1 Å². The van der Waals surface area contributed by atoms with Crippen LogP contribution in [0.5, 0.6) is 5.75 Å². The van der Waals surface area contributed by atoms with Crippen molar-refractivity contribution in [3.63, 3.8) is 0 Å². The first-order chi connectivity index (χ1) is 14.7. The minimum Gasteiger partial charge on any atom is -0.495 e. The van der Waals surface area contributed by atoms with Crippen molar-refractivity contribution in [2.24, 2.45) is 5.14 Å². The fourth-order valence-electron chi connectivity index (χ4n) is 3.59. The Morgan fingerprint density at radius 1 is 1.16 bits per heavy atom. The summed E-state index contributed by atoms with van der Waals surface area (Å²) >= 11 is 0. The summed E-state index contributed by atoms with van der Waals surface area (Å²) in [6.45, 7) is 0. The molecular weight excluding hydrogens is 430 g/mol. The number of carbonyl (C=O) groups is 1. The summed E-state index contributed by atoms with van der Waals surface area (Å²) in [7, 11) is -2.62. The lowest BCUT2D eigenvalue weighted by Gasteiger charge is -2.11. The molecule has 0 atom stereocenters. The summed E-state index contributed by atoms with van der Waals surface area (Å²) in [5.41, 5.74) is 1.95. The average Bonchev–Trinajstić information content (AvgIpc) is 3.32. The lowest BCUT2D eigenvalue weighted by molar-refractivity contribution is 0.102. The summed E-state index contributed by atoms with van der Waals surface area (Å²) in [5.74, 6) is -2.36. The molecule has 0 saturated heterocycles. The second-order valence-corrected chi connectivity index (χ2v) is 8.56. The van der Waals surface area contributed by atoms with Crippen molar-refractivity contribution in [2.45, 2.75) is 24.2 Å². The number of carbonyl (C=O) groups excluding carboxylic acids is 1. The number of methoxy groups -OCH3 is 1. The van der Waals surface area contributed by atoms with E-state index in [-0.39, 0.29) is 22.0 Å². The van der Waals surface area contributed by atoms with Gasteiger partial charge in [0.15, 0.2) is 17.3 Å². The zero-order valence-corrected chi connectivity index (χ0v) is 17.2. The molecule has 1 heterocycles. The van der Waals surface area contributed by atoms with Gasteiger partial charge in [0.1, 0.15) is 5.75 Å². The van der Waals surface area contributed by atoms with Gasteiger partial charge < -0.3 is 10.1 Å². The van der Waals surface area contributed by atoms with Gasteiger partial charge in [-0.2, -0.15) is 5.10 Å². The van der Waals surface area contributed by atoms with Crippen LogP contribution in [0.25, 0.3) is 5.69 Å². The van der Waals surface area contributed by atoms with E-state index >= 15 is 0 Å². The van der Waals surface area contributed by atoms with Gasteiger partial charge in [-0.25, -0.2) is 27.0 Å². The SMILES string of the molecule is COc1ccc(S(N)(=O)=O)cc1NC(=O)c1nn(-c2ccc(F)c(F)c2)c2c1CCC2. The summed E-state index contributed by atoms with van der Waals surface area (Å²) in [6.07, 6.45) is 2.00. The maximum Gasteiger partial charge on any atom is 0.276 e. The van der Waals surface area contributed by atoms with E-state index in [4.69, 9.17) is 9.88 Å². The molecule has 0 unspecified atom stereocenters. The second-order valence-electron chi connectivity index (χ2n) is 7.00. The zero-order valence-electron chi connectivity index (χ0n) is 16.4. The van der Waals surface area contributed by atoms with Crippen LogP contribution in [0.1, 0.15) is 28.2 Å². The van der Waals surface area contributed by atoms with Crippen molar-refractivity contribution in [3.8, 4) is 11.4 Å². The van der Waals surface area contributed by atoms with Crippen molar-refractivity contribution < 1.29 is 26.7 Å². The number of hydrogen-bond donors (Lipinski definition) is 2. The quantitative estimate of drug-likeness (QED) is 0.622. The van der Waals surface area contributed by atoms with Crippen LogP contribution in [0.4, 0.5) is 14.5 Å². The van der Waals surface area contributed by atoms with Gasteiger partial charge in [0, 0.05) is 17.3 Å². The van der Waals surface area contributed by atoms with Crippen LogP contribution in [-0.2, 0) is 22.9 Å². The first-order valence-electron chi connectivity index (χ1n) is 9.27. The highest BCUT2D eigenvalue weighted by Gasteiger charge is 2.28. The Morgan fingerprint density at radius 2 is 1.94 bits per heavy atom. The first kappa shape index (κ1) is 20.9. The molecule has 1 amide bonds. The summed E-state index contributed by atoms with van der Waals surface area (Å²) in [4.78, 5) is 12.8. The van der Waals surface area contributed by atoms with Gasteiger partial charge in [0.25, 0.3) is 5.91 Å². The molecular formula is C20H18F2N4O4S. The number of ether oxygens (including phenoxy) is 1. The smallest absolute Gasteiger partial charge is 0.276 e. The van der Waals surface area contributed by atoms with Crippen molar-refractivity contribution in [3.05, 3.63) is 65.0 Å². The number of benzene rings is 2. The van der Waals surface area contributed by atoms with Crippen molar-refractivity contribution >= 4 is 21.6 Å². The number of nitrogens with zero attached hydrogens (tertiary/aromatic N) is 2. The number of primary sulfonamides is 1. The Bertz CT molecular complexity index is 1300. The Kier molecular flexibility index (Phi) is 5.23. The molecule has 1 aromatic heterocycles. The number of fused-ring (bicyclic) bond motifs is 1. The lowest BCUT2D eigenvalue weighted by atomic mass is 10.2. The zero-order chi connectivity index (χ0) is 22.3. The first-order valence-corrected chi connectivity index (χ1v) is 10.8. The lowest BCUT2D eigenvalue weighted by Crippen LogP contribution is -2.17. The standard InChI is InChI=1S/C20H18F2N4O4S/c1-30-18-8-6-12(31(23,28)29)10-16(18)24-20(27)19-13-3-2-4-17(13)26(25-19)11-5-7-14(21)15(22)9-11/h5-10H,2-4H2,1H3,(H,24,27)(H2,23,28,29). The van der Waals surface area contributed by atoms with Crippen molar-refractivity contribution in [1.82, 2.24) is 9.78 Å². The minimum absolute atomic E-state index is 0.105. The molecule has 0 aliphatic heterocycles. The number of halogens is 2. The number of aromatic nitrogens is 2. The molecule has 0 bridgehead atoms. The number of amides is 1. The molecule has 0 spiro atoms. The van der Waals surface area contributed by atoms with Crippen LogP contribution in [0.3, 0.4) is 0 Å². The average molecular weight is 448 g/mol. The van der Waals surface area contributed by atoms with Crippen LogP contribution in [0.15, 0.2) is 41.3 Å². The molecule has 3 aromatic rings. The van der Waals surface area contributed by atoms with Gasteiger partial charge in [-0.05, 0) is 49.6 Å². The third kappa shape index (κ3) is 3.89. The maximum atomic E-state index is 13.7. The van der Waals surface area contributed by atoms with Crippen LogP contribution >= 0.6 is 0 Å². The highest BCUT2D eigenvalue weighted by atomic mass is 32.2. The van der Waals surface area contributed by atoms with Gasteiger partial charge in [0.2, 0.25) is 10.0 Å². The van der Waals surface area contributed by atoms with Crippen LogP contribution in [0, 0.1) is 11.6 Å². The fraction of sp³-hybridized carbons (Fsp3) is 0.200. The number of sulfonamides is 1. The van der Waals surface area contributed by atoms with E-state index in [0.717, 1.165) is 24.2 Å². The molecule has 4 rings (SSSR count). The second kappa shape index (κ2) is 7.75. The van der Waals surface area contributed by atoms with Gasteiger partial charge in [0.05, 0.1) is 23.4 Å². The molecule has 1 aliphatic rings. The van der Waals surface area contributed by atoms with E-state index in [9.17, 15) is 22.0 Å². The number of anilines is 1. The molecule has 3 N–H and O–H groups in total. The maximum absolute atomic E-state index is 13.7. The van der Waals surface area contributed by atoms with E-state index in [1.807, 2.05) is 0 Å². The van der Waals surface area contributed by atoms with E-state index in [2.05, 4.69) is 10.4 Å². The Hall–Kier alpha value is -3.31. The third-order valence-electron chi connectivity index (χ3n) is 5.04. The Labute approximate surface area is 176 Å². The minimum atomic E-state index is -3.99. The monoisotopic (exact) mass is 448 g/mol. The molecule has 0 fully saturated rings. The highest BCUT2D eigenvalue weighted by molar-refractivity contribution is 7.89. The third-order valence-corrected chi connectivity index (χ3v) is 5.95. The van der Waals surface area contributed by atoms with E-state index in [1.54, 1.807) is 0 Å². The molecule has 162 valence electrons. The Balaban J connectivity index is 1.73. The van der Waals surface area contributed by atoms with Gasteiger partial charge >= 0.3 is 0 Å². The molecule has 31 heavy (non-hydrogen) atoms. The van der Waals surface area contributed by atoms with Gasteiger partial charge in [-0.15, -0.1) is 0 Å². The van der Waals surface area contributed by atoms with E-state index < -0.39 is 27.6 Å². The molecule has 8 nitrogen and oxygen atoms in total. The van der Waals surface area contributed by atoms with Crippen molar-refractivity contribution in [2.75, 3.05) is 12.4 Å². The summed E-state index contributed by atoms with van der Waals surface area (Å²) < 4.78 is 57.0. The molecule has 11 heteroatoms. The molecule has 0 radical (unpaired) electrons. The molecule has 2 aromatic carbocycles. The number of rotatable bonds is 5. The summed E-state index contributed by atoms with van der Waals surface area (Å²) in [6, 6.07) is 7.22. The summed E-state index contributed by atoms with van der Waals surface area (Å²) in [5, 5.41) is 12.1. The van der Waals surface area contributed by atoms with E-state index in [0.29, 0.717) is 24.1 Å². The van der Waals surface area contributed by atoms with Gasteiger partial charge in [-0.3, -0.25) is 4.79 Å². The van der Waals surface area contributed by atoms with Gasteiger partial charge in [-0.1, -0.05) is 0 Å². The highest BCUT2D eigenvalue weighted by Crippen LogP contribution is 2.31. The fourth-order valence-corrected chi connectivity index (χ4v) is 4.13. The van der Waals surface area contributed by atoms with Crippen LogP contribution < -0.4 is 15.2 Å². The van der Waals surface area contributed by atoms with Crippen molar-refractivity contribution in [1.29, 1.82) is 0 Å².